The second kappa shape index (κ2) is 43.5. The molecule has 342 valence electrons. The first-order valence-corrected chi connectivity index (χ1v) is 25.4. The zero-order chi connectivity index (χ0) is 42.6. The van der Waals surface area contributed by atoms with Gasteiger partial charge in [-0.3, -0.25) is 18.6 Å². The standard InChI is InChI=1S/C47H90NO9P/c1-3-5-7-9-11-13-15-17-19-21-22-24-26-28-30-32-34-36-38-40-54-41-44(42-55-58(52,53)56-43-45(48)47(50)51)57-46(49)39-37-35-33-31-29-27-25-23-20-18-16-14-12-10-8-6-4-2/h13,15,19,21,44-45H,3-12,14,16-18,20,22-43,48H2,1-2H3,(H,50,51)(H,52,53)/b15-13-,21-19-. The van der Waals surface area contributed by atoms with Crippen molar-refractivity contribution in [2.24, 2.45) is 5.73 Å². The highest BCUT2D eigenvalue weighted by Gasteiger charge is 2.27. The zero-order valence-electron chi connectivity index (χ0n) is 37.4. The molecule has 4 N–H and O–H groups in total. The number of rotatable bonds is 46. The van der Waals surface area contributed by atoms with Crippen LogP contribution in [0.25, 0.3) is 0 Å². The molecule has 0 aliphatic heterocycles. The average Bonchev–Trinajstić information content (AvgIpc) is 3.20. The monoisotopic (exact) mass is 844 g/mol. The van der Waals surface area contributed by atoms with Gasteiger partial charge in [0.1, 0.15) is 12.1 Å². The van der Waals surface area contributed by atoms with Crippen LogP contribution in [0.4, 0.5) is 0 Å². The summed E-state index contributed by atoms with van der Waals surface area (Å²) in [5, 5.41) is 8.91. The Kier molecular flexibility index (Phi) is 42.4. The number of carboxylic acids is 1. The van der Waals surface area contributed by atoms with E-state index < -0.39 is 45.1 Å². The number of hydrogen-bond donors (Lipinski definition) is 3. The molecule has 0 heterocycles. The topological polar surface area (TPSA) is 155 Å². The third kappa shape index (κ3) is 42.6. The Morgan fingerprint density at radius 3 is 1.41 bits per heavy atom. The van der Waals surface area contributed by atoms with Crippen LogP contribution in [0.5, 0.6) is 0 Å². The van der Waals surface area contributed by atoms with Crippen molar-refractivity contribution in [2.45, 2.75) is 238 Å². The minimum absolute atomic E-state index is 0.0171. The van der Waals surface area contributed by atoms with Gasteiger partial charge in [0.25, 0.3) is 0 Å². The van der Waals surface area contributed by atoms with Gasteiger partial charge in [-0.25, -0.2) is 4.57 Å². The lowest BCUT2D eigenvalue weighted by atomic mass is 10.0. The Hall–Kier alpha value is -1.55. The molecule has 0 bridgehead atoms. The molecule has 0 amide bonds. The summed E-state index contributed by atoms with van der Waals surface area (Å²) < 4.78 is 33.4. The molecule has 3 unspecified atom stereocenters. The molecular formula is C47H90NO9P. The van der Waals surface area contributed by atoms with Crippen molar-refractivity contribution < 1.29 is 42.7 Å². The lowest BCUT2D eigenvalue weighted by Crippen LogP contribution is -2.34. The molecule has 58 heavy (non-hydrogen) atoms. The largest absolute Gasteiger partial charge is 0.480 e. The third-order valence-corrected chi connectivity index (χ3v) is 11.4. The normalized spacial score (nSPS) is 14.0. The zero-order valence-corrected chi connectivity index (χ0v) is 38.3. The van der Waals surface area contributed by atoms with E-state index in [1.807, 2.05) is 0 Å². The first-order chi connectivity index (χ1) is 28.2. The van der Waals surface area contributed by atoms with Crippen LogP contribution in [0.1, 0.15) is 226 Å². The van der Waals surface area contributed by atoms with E-state index in [9.17, 15) is 19.0 Å². The Bertz CT molecular complexity index is 1020. The number of hydrogen-bond acceptors (Lipinski definition) is 8. The summed E-state index contributed by atoms with van der Waals surface area (Å²) in [5.74, 6) is -1.77. The highest BCUT2D eigenvalue weighted by molar-refractivity contribution is 7.47. The van der Waals surface area contributed by atoms with Crippen molar-refractivity contribution in [3.63, 3.8) is 0 Å². The number of esters is 1. The fourth-order valence-corrected chi connectivity index (χ4v) is 7.53. The molecule has 0 saturated carbocycles. The Morgan fingerprint density at radius 2 is 0.948 bits per heavy atom. The summed E-state index contributed by atoms with van der Waals surface area (Å²) in [6.07, 6.45) is 48.0. The van der Waals surface area contributed by atoms with Crippen molar-refractivity contribution in [1.82, 2.24) is 0 Å². The van der Waals surface area contributed by atoms with Gasteiger partial charge in [-0.1, -0.05) is 199 Å². The summed E-state index contributed by atoms with van der Waals surface area (Å²) in [5.41, 5.74) is 5.37. The van der Waals surface area contributed by atoms with Gasteiger partial charge in [-0.05, 0) is 44.9 Å². The van der Waals surface area contributed by atoms with Gasteiger partial charge in [0, 0.05) is 13.0 Å². The van der Waals surface area contributed by atoms with E-state index in [1.54, 1.807) is 0 Å². The van der Waals surface area contributed by atoms with Gasteiger partial charge in [0.05, 0.1) is 19.8 Å². The van der Waals surface area contributed by atoms with E-state index in [4.69, 9.17) is 29.4 Å². The smallest absolute Gasteiger partial charge is 0.472 e. The van der Waals surface area contributed by atoms with Crippen LogP contribution in [-0.4, -0.2) is 60.5 Å². The molecule has 0 saturated heterocycles. The SMILES string of the molecule is CCCCCC/C=C\C/C=C\CCCCCCCCCCOCC(COP(=O)(O)OCC(N)C(=O)O)OC(=O)CCCCCCCCCCCCCCCCCCC. The highest BCUT2D eigenvalue weighted by atomic mass is 31.2. The number of carbonyl (C=O) groups excluding carboxylic acids is 1. The molecule has 0 aliphatic rings. The fraction of sp³-hybridized carbons (Fsp3) is 0.872. The van der Waals surface area contributed by atoms with Gasteiger partial charge in [-0.2, -0.15) is 0 Å². The summed E-state index contributed by atoms with van der Waals surface area (Å²) in [4.78, 5) is 33.6. The van der Waals surface area contributed by atoms with E-state index in [2.05, 4.69) is 38.2 Å². The molecule has 10 nitrogen and oxygen atoms in total. The maximum Gasteiger partial charge on any atom is 0.472 e. The molecular weight excluding hydrogens is 753 g/mol. The second-order valence-corrected chi connectivity index (χ2v) is 17.7. The number of aliphatic carboxylic acids is 1. The Labute approximate surface area is 355 Å². The quantitative estimate of drug-likeness (QED) is 0.0233. The first kappa shape index (κ1) is 56.5. The predicted octanol–water partition coefficient (Wildman–Crippen LogP) is 13.5. The minimum atomic E-state index is -4.62. The van der Waals surface area contributed by atoms with Crippen LogP contribution in [0.15, 0.2) is 24.3 Å². The van der Waals surface area contributed by atoms with Crippen molar-refractivity contribution >= 4 is 19.8 Å². The first-order valence-electron chi connectivity index (χ1n) is 23.9. The van der Waals surface area contributed by atoms with Crippen LogP contribution >= 0.6 is 7.82 Å². The van der Waals surface area contributed by atoms with E-state index in [1.165, 1.54) is 154 Å². The van der Waals surface area contributed by atoms with Gasteiger partial charge in [0.2, 0.25) is 0 Å². The van der Waals surface area contributed by atoms with Gasteiger partial charge < -0.3 is 25.2 Å². The number of phosphoric ester groups is 1. The minimum Gasteiger partial charge on any atom is -0.480 e. The van der Waals surface area contributed by atoms with Crippen LogP contribution in [0.3, 0.4) is 0 Å². The highest BCUT2D eigenvalue weighted by Crippen LogP contribution is 2.43. The number of ether oxygens (including phenoxy) is 2. The van der Waals surface area contributed by atoms with Crippen molar-refractivity contribution in [3.8, 4) is 0 Å². The molecule has 0 aromatic carbocycles. The number of phosphoric acid groups is 1. The predicted molar refractivity (Wildman–Crippen MR) is 240 cm³/mol. The van der Waals surface area contributed by atoms with Gasteiger partial charge in [0.15, 0.2) is 0 Å². The lowest BCUT2D eigenvalue weighted by Gasteiger charge is -2.20. The molecule has 0 aromatic heterocycles. The lowest BCUT2D eigenvalue weighted by molar-refractivity contribution is -0.154. The average molecular weight is 844 g/mol. The second-order valence-electron chi connectivity index (χ2n) is 16.2. The van der Waals surface area contributed by atoms with Crippen LogP contribution < -0.4 is 5.73 Å². The molecule has 0 fully saturated rings. The van der Waals surface area contributed by atoms with Gasteiger partial charge in [-0.15, -0.1) is 0 Å². The summed E-state index contributed by atoms with van der Waals surface area (Å²) in [7, 11) is -4.62. The maximum atomic E-state index is 12.7. The molecule has 0 aromatic rings. The van der Waals surface area contributed by atoms with Gasteiger partial charge >= 0.3 is 19.8 Å². The van der Waals surface area contributed by atoms with Crippen molar-refractivity contribution in [1.29, 1.82) is 0 Å². The molecule has 0 spiro atoms. The van der Waals surface area contributed by atoms with E-state index in [0.29, 0.717) is 13.0 Å². The summed E-state index contributed by atoms with van der Waals surface area (Å²) in [6, 6.07) is -1.47. The van der Waals surface area contributed by atoms with Crippen molar-refractivity contribution in [2.75, 3.05) is 26.4 Å². The van der Waals surface area contributed by atoms with E-state index in [0.717, 1.165) is 44.9 Å². The Morgan fingerprint density at radius 1 is 0.552 bits per heavy atom. The molecule has 0 rings (SSSR count). The number of carbonyl (C=O) groups is 2. The van der Waals surface area contributed by atoms with Crippen LogP contribution in [0.2, 0.25) is 0 Å². The van der Waals surface area contributed by atoms with Crippen molar-refractivity contribution in [3.05, 3.63) is 24.3 Å². The van der Waals surface area contributed by atoms with E-state index in [-0.39, 0.29) is 13.0 Å². The fourth-order valence-electron chi connectivity index (χ4n) is 6.75. The number of allylic oxidation sites excluding steroid dienone is 4. The summed E-state index contributed by atoms with van der Waals surface area (Å²) in [6.45, 7) is 3.89. The number of unbranched alkanes of at least 4 members (excludes halogenated alkanes) is 28. The number of nitrogens with two attached hydrogens (primary N) is 1. The molecule has 0 radical (unpaired) electrons. The Balaban J connectivity index is 4.17. The van der Waals surface area contributed by atoms with Crippen LogP contribution in [0, 0.1) is 0 Å². The molecule has 11 heteroatoms. The number of carboxylic acid groups (broad SMARTS) is 1. The molecule has 3 atom stereocenters. The van der Waals surface area contributed by atoms with E-state index >= 15 is 0 Å². The maximum absolute atomic E-state index is 12.7. The third-order valence-electron chi connectivity index (χ3n) is 10.5. The molecule has 0 aliphatic carbocycles. The summed E-state index contributed by atoms with van der Waals surface area (Å²) >= 11 is 0. The van der Waals surface area contributed by atoms with Crippen LogP contribution in [-0.2, 0) is 32.7 Å².